The molecule has 0 spiro atoms. The Kier molecular flexibility index (Phi) is 6.86. The number of piperazine rings is 1. The molecule has 0 aromatic carbocycles. The third-order valence-corrected chi connectivity index (χ3v) is 4.18. The molecule has 2 heterocycles. The molecule has 1 saturated heterocycles. The quantitative estimate of drug-likeness (QED) is 0.764. The number of imidazole rings is 1. The summed E-state index contributed by atoms with van der Waals surface area (Å²) in [5.41, 5.74) is 0. The molecule has 0 bridgehead atoms. The molecule has 6 nitrogen and oxygen atoms in total. The number of rotatable bonds is 8. The maximum Gasteiger partial charge on any atom is 0.234 e. The summed E-state index contributed by atoms with van der Waals surface area (Å²) in [6.45, 7) is 11.6. The van der Waals surface area contributed by atoms with Crippen molar-refractivity contribution in [1.82, 2.24) is 24.7 Å². The lowest BCUT2D eigenvalue weighted by Gasteiger charge is -2.34. The van der Waals surface area contributed by atoms with Gasteiger partial charge >= 0.3 is 0 Å². The lowest BCUT2D eigenvalue weighted by Crippen LogP contribution is -2.50. The van der Waals surface area contributed by atoms with Crippen LogP contribution < -0.4 is 5.32 Å². The van der Waals surface area contributed by atoms with Crippen molar-refractivity contribution in [2.75, 3.05) is 45.8 Å². The summed E-state index contributed by atoms with van der Waals surface area (Å²) < 4.78 is 2.24. The standard InChI is InChI=1S/C16H29N5O/c1-3-5-18-16(22)14-20-10-8-19(9-11-20)12-13-21-7-6-17-15(21)4-2/h6-7H,3-5,8-14H2,1-2H3,(H,18,22). The Morgan fingerprint density at radius 2 is 1.91 bits per heavy atom. The number of carbonyl (C=O) groups is 1. The molecule has 6 heteroatoms. The Labute approximate surface area is 133 Å². The Hall–Kier alpha value is -1.40. The summed E-state index contributed by atoms with van der Waals surface area (Å²) in [6, 6.07) is 0. The smallest absolute Gasteiger partial charge is 0.234 e. The van der Waals surface area contributed by atoms with Gasteiger partial charge in [-0.3, -0.25) is 14.6 Å². The fourth-order valence-electron chi connectivity index (χ4n) is 2.80. The highest BCUT2D eigenvalue weighted by atomic mass is 16.2. The van der Waals surface area contributed by atoms with Gasteiger partial charge in [-0.15, -0.1) is 0 Å². The zero-order valence-electron chi connectivity index (χ0n) is 13.9. The van der Waals surface area contributed by atoms with E-state index >= 15 is 0 Å². The van der Waals surface area contributed by atoms with Crippen LogP contribution in [0, 0.1) is 0 Å². The molecule has 1 amide bonds. The second kappa shape index (κ2) is 8.90. The number of hydrogen-bond acceptors (Lipinski definition) is 4. The Balaban J connectivity index is 1.66. The molecule has 0 saturated carbocycles. The number of aryl methyl sites for hydroxylation is 1. The van der Waals surface area contributed by atoms with Gasteiger partial charge in [0.1, 0.15) is 5.82 Å². The van der Waals surface area contributed by atoms with Crippen molar-refractivity contribution in [3.63, 3.8) is 0 Å². The van der Waals surface area contributed by atoms with Gasteiger partial charge in [0.25, 0.3) is 0 Å². The Morgan fingerprint density at radius 1 is 1.18 bits per heavy atom. The minimum atomic E-state index is 0.154. The summed E-state index contributed by atoms with van der Waals surface area (Å²) in [4.78, 5) is 20.8. The van der Waals surface area contributed by atoms with Crippen LogP contribution in [-0.2, 0) is 17.8 Å². The fraction of sp³-hybridized carbons (Fsp3) is 0.750. The van der Waals surface area contributed by atoms with Gasteiger partial charge in [0.15, 0.2) is 0 Å². The van der Waals surface area contributed by atoms with Crippen LogP contribution in [0.2, 0.25) is 0 Å². The molecule has 1 aliphatic heterocycles. The van der Waals surface area contributed by atoms with E-state index in [0.29, 0.717) is 6.54 Å². The van der Waals surface area contributed by atoms with Gasteiger partial charge < -0.3 is 9.88 Å². The van der Waals surface area contributed by atoms with Crippen LogP contribution in [0.4, 0.5) is 0 Å². The zero-order chi connectivity index (χ0) is 15.8. The number of carbonyl (C=O) groups excluding carboxylic acids is 1. The first kappa shape index (κ1) is 17.0. The molecule has 0 unspecified atom stereocenters. The van der Waals surface area contributed by atoms with Crippen LogP contribution in [0.5, 0.6) is 0 Å². The largest absolute Gasteiger partial charge is 0.355 e. The van der Waals surface area contributed by atoms with E-state index in [4.69, 9.17) is 0 Å². The molecule has 1 N–H and O–H groups in total. The lowest BCUT2D eigenvalue weighted by molar-refractivity contribution is -0.122. The summed E-state index contributed by atoms with van der Waals surface area (Å²) >= 11 is 0. The van der Waals surface area contributed by atoms with Gasteiger partial charge in [-0.05, 0) is 6.42 Å². The van der Waals surface area contributed by atoms with Crippen molar-refractivity contribution >= 4 is 5.91 Å². The minimum absolute atomic E-state index is 0.154. The van der Waals surface area contributed by atoms with Gasteiger partial charge in [0, 0.05) is 64.6 Å². The van der Waals surface area contributed by atoms with Gasteiger partial charge in [-0.25, -0.2) is 4.98 Å². The summed E-state index contributed by atoms with van der Waals surface area (Å²) in [5, 5.41) is 2.94. The number of amides is 1. The number of nitrogens with zero attached hydrogens (tertiary/aromatic N) is 4. The summed E-state index contributed by atoms with van der Waals surface area (Å²) in [5.74, 6) is 1.31. The predicted octanol–water partition coefficient (Wildman–Crippen LogP) is 0.589. The molecule has 22 heavy (non-hydrogen) atoms. The van der Waals surface area contributed by atoms with E-state index < -0.39 is 0 Å². The second-order valence-corrected chi connectivity index (χ2v) is 5.86. The number of hydrogen-bond donors (Lipinski definition) is 1. The number of aromatic nitrogens is 2. The highest BCUT2D eigenvalue weighted by molar-refractivity contribution is 5.77. The molecule has 0 radical (unpaired) electrons. The molecule has 1 aromatic rings. The van der Waals surface area contributed by atoms with Crippen molar-refractivity contribution < 1.29 is 4.79 Å². The normalized spacial score (nSPS) is 16.8. The van der Waals surface area contributed by atoms with Crippen LogP contribution >= 0.6 is 0 Å². The molecule has 1 fully saturated rings. The van der Waals surface area contributed by atoms with Crippen molar-refractivity contribution in [2.24, 2.45) is 0 Å². The van der Waals surface area contributed by atoms with Crippen LogP contribution in [0.1, 0.15) is 26.1 Å². The molecule has 1 aromatic heterocycles. The molecule has 2 rings (SSSR count). The lowest BCUT2D eigenvalue weighted by atomic mass is 10.3. The van der Waals surface area contributed by atoms with Crippen molar-refractivity contribution in [2.45, 2.75) is 33.2 Å². The van der Waals surface area contributed by atoms with E-state index in [1.165, 1.54) is 0 Å². The topological polar surface area (TPSA) is 53.4 Å². The first-order valence-electron chi connectivity index (χ1n) is 8.44. The van der Waals surface area contributed by atoms with Crippen LogP contribution in [0.15, 0.2) is 12.4 Å². The molecule has 124 valence electrons. The second-order valence-electron chi connectivity index (χ2n) is 5.86. The fourth-order valence-corrected chi connectivity index (χ4v) is 2.80. The summed E-state index contributed by atoms with van der Waals surface area (Å²) in [7, 11) is 0. The van der Waals surface area contributed by atoms with Crippen molar-refractivity contribution in [1.29, 1.82) is 0 Å². The average molecular weight is 307 g/mol. The van der Waals surface area contributed by atoms with Crippen molar-refractivity contribution in [3.05, 3.63) is 18.2 Å². The average Bonchev–Trinajstić information content (AvgIpc) is 3.00. The maximum absolute atomic E-state index is 11.7. The molecule has 0 atom stereocenters. The minimum Gasteiger partial charge on any atom is -0.355 e. The van der Waals surface area contributed by atoms with E-state index in [2.05, 4.69) is 44.7 Å². The van der Waals surface area contributed by atoms with Gasteiger partial charge in [-0.2, -0.15) is 0 Å². The van der Waals surface area contributed by atoms with E-state index in [9.17, 15) is 4.79 Å². The van der Waals surface area contributed by atoms with Gasteiger partial charge in [0.05, 0.1) is 6.54 Å². The number of nitrogens with one attached hydrogen (secondary N) is 1. The maximum atomic E-state index is 11.7. The predicted molar refractivity (Wildman–Crippen MR) is 87.8 cm³/mol. The Bertz CT molecular complexity index is 451. The highest BCUT2D eigenvalue weighted by Crippen LogP contribution is 2.04. The molecular weight excluding hydrogens is 278 g/mol. The zero-order valence-corrected chi connectivity index (χ0v) is 13.9. The van der Waals surface area contributed by atoms with E-state index in [1.54, 1.807) is 0 Å². The van der Waals surface area contributed by atoms with Crippen LogP contribution in [0.25, 0.3) is 0 Å². The SMILES string of the molecule is CCCNC(=O)CN1CCN(CCn2ccnc2CC)CC1. The summed E-state index contributed by atoms with van der Waals surface area (Å²) in [6.07, 6.45) is 5.92. The van der Waals surface area contributed by atoms with E-state index in [-0.39, 0.29) is 5.91 Å². The van der Waals surface area contributed by atoms with Gasteiger partial charge in [0.2, 0.25) is 5.91 Å². The van der Waals surface area contributed by atoms with Gasteiger partial charge in [-0.1, -0.05) is 13.8 Å². The van der Waals surface area contributed by atoms with E-state index in [1.807, 2.05) is 6.20 Å². The van der Waals surface area contributed by atoms with Crippen LogP contribution in [-0.4, -0.2) is 71.1 Å². The first-order chi connectivity index (χ1) is 10.7. The third kappa shape index (κ3) is 5.10. The monoisotopic (exact) mass is 307 g/mol. The van der Waals surface area contributed by atoms with Crippen molar-refractivity contribution in [3.8, 4) is 0 Å². The van der Waals surface area contributed by atoms with Crippen LogP contribution in [0.3, 0.4) is 0 Å². The Morgan fingerprint density at radius 3 is 2.59 bits per heavy atom. The highest BCUT2D eigenvalue weighted by Gasteiger charge is 2.18. The van der Waals surface area contributed by atoms with E-state index in [0.717, 1.165) is 64.5 Å². The third-order valence-electron chi connectivity index (χ3n) is 4.18. The first-order valence-corrected chi connectivity index (χ1v) is 8.44. The molecule has 1 aliphatic rings. The molecular formula is C16H29N5O. The molecule has 0 aliphatic carbocycles.